The van der Waals surface area contributed by atoms with Gasteiger partial charge in [-0.15, -0.1) is 11.3 Å². The number of aromatic hydroxyl groups is 1. The van der Waals surface area contributed by atoms with Crippen molar-refractivity contribution in [3.05, 3.63) is 30.3 Å². The van der Waals surface area contributed by atoms with Crippen molar-refractivity contribution in [3.63, 3.8) is 0 Å². The number of anilines is 2. The van der Waals surface area contributed by atoms with Gasteiger partial charge in [-0.25, -0.2) is 4.98 Å². The molecular formula is C22H26N4O3S. The minimum atomic E-state index is 0.138. The van der Waals surface area contributed by atoms with Crippen molar-refractivity contribution in [2.24, 2.45) is 0 Å². The third-order valence-corrected chi connectivity index (χ3v) is 6.68. The lowest BCUT2D eigenvalue weighted by Crippen LogP contribution is -2.46. The molecule has 3 aromatic rings. The third kappa shape index (κ3) is 3.71. The van der Waals surface area contributed by atoms with Gasteiger partial charge in [-0.3, -0.25) is 0 Å². The van der Waals surface area contributed by atoms with Gasteiger partial charge in [0.05, 0.1) is 35.6 Å². The zero-order valence-electron chi connectivity index (χ0n) is 17.2. The van der Waals surface area contributed by atoms with Crippen molar-refractivity contribution in [1.29, 1.82) is 0 Å². The van der Waals surface area contributed by atoms with E-state index in [0.29, 0.717) is 13.2 Å². The quantitative estimate of drug-likeness (QED) is 0.687. The highest BCUT2D eigenvalue weighted by molar-refractivity contribution is 7.22. The Hall–Kier alpha value is -2.42. The summed E-state index contributed by atoms with van der Waals surface area (Å²) in [4.78, 5) is 15.5. The Labute approximate surface area is 179 Å². The van der Waals surface area contributed by atoms with Gasteiger partial charge in [0.15, 0.2) is 5.82 Å². The fourth-order valence-electron chi connectivity index (χ4n) is 4.19. The zero-order chi connectivity index (χ0) is 20.7. The Morgan fingerprint density at radius 1 is 1.03 bits per heavy atom. The van der Waals surface area contributed by atoms with Crippen LogP contribution in [0.4, 0.5) is 11.8 Å². The fraction of sp³-hybridized carbons (Fsp3) is 0.455. The van der Waals surface area contributed by atoms with Gasteiger partial charge >= 0.3 is 0 Å². The van der Waals surface area contributed by atoms with E-state index in [9.17, 15) is 5.11 Å². The summed E-state index contributed by atoms with van der Waals surface area (Å²) in [7, 11) is 0. The van der Waals surface area contributed by atoms with E-state index < -0.39 is 0 Å². The van der Waals surface area contributed by atoms with Crippen molar-refractivity contribution in [3.8, 4) is 16.2 Å². The SMILES string of the molecule is C[C@@H]1CN(c2nc(N3CCOCC3)c3sc(-c4ccccc4O)cc3n2)C[C@H](C)O1. The van der Waals surface area contributed by atoms with Crippen molar-refractivity contribution in [2.75, 3.05) is 49.2 Å². The van der Waals surface area contributed by atoms with Crippen molar-refractivity contribution < 1.29 is 14.6 Å². The summed E-state index contributed by atoms with van der Waals surface area (Å²) in [6.07, 6.45) is 0.276. The molecule has 2 saturated heterocycles. The van der Waals surface area contributed by atoms with Crippen LogP contribution in [0.15, 0.2) is 30.3 Å². The number of hydrogen-bond donors (Lipinski definition) is 1. The Morgan fingerprint density at radius 2 is 1.77 bits per heavy atom. The van der Waals surface area contributed by atoms with Crippen molar-refractivity contribution in [2.45, 2.75) is 26.1 Å². The molecule has 0 aliphatic carbocycles. The number of fused-ring (bicyclic) bond motifs is 1. The number of phenols is 1. The second-order valence-electron chi connectivity index (χ2n) is 7.95. The van der Waals surface area contributed by atoms with Crippen LogP contribution >= 0.6 is 11.3 Å². The second kappa shape index (κ2) is 8.02. The fourth-order valence-corrected chi connectivity index (χ4v) is 5.34. The van der Waals surface area contributed by atoms with E-state index in [2.05, 4.69) is 29.7 Å². The molecule has 8 heteroatoms. The highest BCUT2D eigenvalue weighted by atomic mass is 32.1. The topological polar surface area (TPSA) is 71.0 Å². The molecular weight excluding hydrogens is 400 g/mol. The molecule has 5 rings (SSSR count). The molecule has 1 aromatic carbocycles. The number of thiophene rings is 1. The van der Waals surface area contributed by atoms with Crippen LogP contribution in [0, 0.1) is 0 Å². The van der Waals surface area contributed by atoms with Crippen molar-refractivity contribution >= 4 is 33.3 Å². The van der Waals surface area contributed by atoms with Gasteiger partial charge in [0.1, 0.15) is 5.75 Å². The molecule has 2 aliphatic heterocycles. The van der Waals surface area contributed by atoms with E-state index in [-0.39, 0.29) is 18.0 Å². The molecule has 30 heavy (non-hydrogen) atoms. The molecule has 2 fully saturated rings. The Bertz CT molecular complexity index is 1040. The molecule has 2 aromatic heterocycles. The van der Waals surface area contributed by atoms with Gasteiger partial charge in [0.25, 0.3) is 0 Å². The number of aromatic nitrogens is 2. The summed E-state index contributed by atoms with van der Waals surface area (Å²) in [5, 5.41) is 10.3. The number of rotatable bonds is 3. The van der Waals surface area contributed by atoms with Crippen LogP contribution in [0.25, 0.3) is 20.7 Å². The maximum atomic E-state index is 10.3. The summed E-state index contributed by atoms with van der Waals surface area (Å²) in [5.41, 5.74) is 1.74. The Kier molecular flexibility index (Phi) is 5.22. The molecule has 0 amide bonds. The maximum Gasteiger partial charge on any atom is 0.228 e. The van der Waals surface area contributed by atoms with Crippen LogP contribution in [-0.2, 0) is 9.47 Å². The van der Waals surface area contributed by atoms with E-state index in [4.69, 9.17) is 19.4 Å². The molecule has 0 radical (unpaired) electrons. The summed E-state index contributed by atoms with van der Waals surface area (Å²) < 4.78 is 12.5. The summed E-state index contributed by atoms with van der Waals surface area (Å²) >= 11 is 1.63. The largest absolute Gasteiger partial charge is 0.507 e. The average molecular weight is 427 g/mol. The van der Waals surface area contributed by atoms with Crippen LogP contribution in [0.5, 0.6) is 5.75 Å². The highest BCUT2D eigenvalue weighted by Crippen LogP contribution is 2.41. The lowest BCUT2D eigenvalue weighted by atomic mass is 10.1. The van der Waals surface area contributed by atoms with Gasteiger partial charge in [-0.05, 0) is 32.0 Å². The van der Waals surface area contributed by atoms with E-state index in [1.54, 1.807) is 17.4 Å². The number of morpholine rings is 2. The van der Waals surface area contributed by atoms with Crippen LogP contribution < -0.4 is 9.80 Å². The number of nitrogens with zero attached hydrogens (tertiary/aromatic N) is 4. The summed E-state index contributed by atoms with van der Waals surface area (Å²) in [6, 6.07) is 9.50. The predicted octanol–water partition coefficient (Wildman–Crippen LogP) is 3.51. The minimum absolute atomic E-state index is 0.138. The monoisotopic (exact) mass is 426 g/mol. The van der Waals surface area contributed by atoms with Crippen LogP contribution in [0.1, 0.15) is 13.8 Å². The summed E-state index contributed by atoms with van der Waals surface area (Å²) in [6.45, 7) is 8.74. The molecule has 0 bridgehead atoms. The molecule has 2 atom stereocenters. The first-order valence-electron chi connectivity index (χ1n) is 10.4. The van der Waals surface area contributed by atoms with E-state index >= 15 is 0 Å². The molecule has 0 saturated carbocycles. The molecule has 4 heterocycles. The second-order valence-corrected chi connectivity index (χ2v) is 9.00. The lowest BCUT2D eigenvalue weighted by Gasteiger charge is -2.36. The smallest absolute Gasteiger partial charge is 0.228 e. The van der Waals surface area contributed by atoms with Crippen LogP contribution in [0.3, 0.4) is 0 Å². The predicted molar refractivity (Wildman–Crippen MR) is 120 cm³/mol. The van der Waals surface area contributed by atoms with Gasteiger partial charge in [0.2, 0.25) is 5.95 Å². The average Bonchev–Trinajstić information content (AvgIpc) is 3.17. The standard InChI is InChI=1S/C22H26N4O3S/c1-14-12-26(13-15(2)29-14)22-23-17-11-19(16-5-3-4-6-18(16)27)30-20(17)21(24-22)25-7-9-28-10-8-25/h3-6,11,14-15,27H,7-10,12-13H2,1-2H3/t14-,15+. The zero-order valence-corrected chi connectivity index (χ0v) is 18.1. The minimum Gasteiger partial charge on any atom is -0.507 e. The van der Waals surface area contributed by atoms with E-state index in [1.807, 2.05) is 18.2 Å². The first-order valence-corrected chi connectivity index (χ1v) is 11.2. The van der Waals surface area contributed by atoms with Crippen molar-refractivity contribution in [1.82, 2.24) is 9.97 Å². The van der Waals surface area contributed by atoms with Crippen LogP contribution in [-0.4, -0.2) is 66.7 Å². The molecule has 2 aliphatic rings. The third-order valence-electron chi connectivity index (χ3n) is 5.52. The molecule has 158 valence electrons. The first-order chi connectivity index (χ1) is 14.6. The number of hydrogen-bond acceptors (Lipinski definition) is 8. The number of phenolic OH excluding ortho intramolecular Hbond substituents is 1. The van der Waals surface area contributed by atoms with Gasteiger partial charge in [-0.1, -0.05) is 12.1 Å². The normalized spacial score (nSPS) is 22.6. The van der Waals surface area contributed by atoms with Gasteiger partial charge < -0.3 is 24.4 Å². The molecule has 7 nitrogen and oxygen atoms in total. The number of benzene rings is 1. The lowest BCUT2D eigenvalue weighted by molar-refractivity contribution is -0.00569. The molecule has 0 unspecified atom stereocenters. The van der Waals surface area contributed by atoms with Gasteiger partial charge in [0, 0.05) is 36.6 Å². The number of ether oxygens (including phenoxy) is 2. The van der Waals surface area contributed by atoms with Gasteiger partial charge in [-0.2, -0.15) is 4.98 Å². The molecule has 1 N–H and O–H groups in total. The maximum absolute atomic E-state index is 10.3. The first kappa shape index (κ1) is 19.5. The van der Waals surface area contributed by atoms with Crippen LogP contribution in [0.2, 0.25) is 0 Å². The highest BCUT2D eigenvalue weighted by Gasteiger charge is 2.27. The van der Waals surface area contributed by atoms with E-state index in [1.165, 1.54) is 0 Å². The summed E-state index contributed by atoms with van der Waals surface area (Å²) in [5.74, 6) is 1.98. The van der Waals surface area contributed by atoms with E-state index in [0.717, 1.165) is 58.6 Å². The Morgan fingerprint density at radius 3 is 2.50 bits per heavy atom. The molecule has 0 spiro atoms. The Balaban J connectivity index is 1.62. The number of para-hydroxylation sites is 1.